The molecule has 1 aliphatic heterocycles. The number of benzene rings is 6. The van der Waals surface area contributed by atoms with Crippen molar-refractivity contribution in [2.24, 2.45) is 0 Å². The average molecular weight is 595 g/mol. The third kappa shape index (κ3) is 4.04. The van der Waals surface area contributed by atoms with E-state index in [1.54, 1.807) is 0 Å². The molecule has 0 radical (unpaired) electrons. The summed E-state index contributed by atoms with van der Waals surface area (Å²) >= 11 is 0. The molecule has 0 bridgehead atoms. The minimum atomic E-state index is -0.619. The van der Waals surface area contributed by atoms with E-state index in [-0.39, 0.29) is 0 Å². The lowest BCUT2D eigenvalue weighted by Crippen LogP contribution is -2.32. The fourth-order valence-corrected chi connectivity index (χ4v) is 10.2. The Morgan fingerprint density at radius 2 is 1.16 bits per heavy atom. The van der Waals surface area contributed by atoms with Crippen LogP contribution in [0.5, 0.6) is 11.5 Å². The third-order valence-electron chi connectivity index (χ3n) is 9.58. The van der Waals surface area contributed by atoms with Gasteiger partial charge in [-0.25, -0.2) is 0 Å². The van der Waals surface area contributed by atoms with Gasteiger partial charge in [0.05, 0.1) is 5.41 Å². The van der Waals surface area contributed by atoms with E-state index in [9.17, 15) is 0 Å². The molecule has 1 unspecified atom stereocenters. The Labute approximate surface area is 265 Å². The highest BCUT2D eigenvalue weighted by atomic mass is 31.1. The summed E-state index contributed by atoms with van der Waals surface area (Å²) in [6.45, 7) is 0. The number of ether oxygens (including phenoxy) is 1. The first-order valence-electron chi connectivity index (χ1n) is 15.7. The molecule has 0 fully saturated rings. The van der Waals surface area contributed by atoms with Crippen LogP contribution in [0.15, 0.2) is 169 Å². The summed E-state index contributed by atoms with van der Waals surface area (Å²) in [5.74, 6) is 1.85. The molecule has 1 atom stereocenters. The predicted molar refractivity (Wildman–Crippen MR) is 188 cm³/mol. The minimum absolute atomic E-state index is 0.457. The molecule has 45 heavy (non-hydrogen) atoms. The lowest BCUT2D eigenvalue weighted by atomic mass is 9.66. The molecule has 3 aliphatic rings. The predicted octanol–water partition coefficient (Wildman–Crippen LogP) is 10.5. The van der Waals surface area contributed by atoms with Gasteiger partial charge in [0.2, 0.25) is 0 Å². The van der Waals surface area contributed by atoms with Gasteiger partial charge in [0.25, 0.3) is 0 Å². The lowest BCUT2D eigenvalue weighted by Gasteiger charge is -2.39. The van der Waals surface area contributed by atoms with E-state index in [0.29, 0.717) is 0 Å². The van der Waals surface area contributed by atoms with Gasteiger partial charge in [-0.15, -0.1) is 0 Å². The molecular formula is C43H31OP. The van der Waals surface area contributed by atoms with Crippen LogP contribution < -0.4 is 15.3 Å². The van der Waals surface area contributed by atoms with Crippen molar-refractivity contribution in [1.29, 1.82) is 0 Å². The van der Waals surface area contributed by atoms with Gasteiger partial charge < -0.3 is 4.74 Å². The van der Waals surface area contributed by atoms with E-state index in [1.165, 1.54) is 60.4 Å². The van der Waals surface area contributed by atoms with Crippen LogP contribution in [0.25, 0.3) is 22.3 Å². The van der Waals surface area contributed by atoms with E-state index in [0.717, 1.165) is 24.3 Å². The van der Waals surface area contributed by atoms with Crippen molar-refractivity contribution < 1.29 is 4.74 Å². The monoisotopic (exact) mass is 594 g/mol. The maximum atomic E-state index is 6.67. The Morgan fingerprint density at radius 1 is 0.511 bits per heavy atom. The topological polar surface area (TPSA) is 9.23 Å². The second kappa shape index (κ2) is 10.6. The zero-order valence-electron chi connectivity index (χ0n) is 24.9. The van der Waals surface area contributed by atoms with Crippen molar-refractivity contribution >= 4 is 18.5 Å². The van der Waals surface area contributed by atoms with Crippen molar-refractivity contribution in [2.75, 3.05) is 0 Å². The highest BCUT2D eigenvalue weighted by molar-refractivity contribution is 7.76. The molecule has 9 rings (SSSR count). The molecule has 1 nitrogen and oxygen atoms in total. The second-order valence-electron chi connectivity index (χ2n) is 12.0. The quantitative estimate of drug-likeness (QED) is 0.184. The van der Waals surface area contributed by atoms with Crippen LogP contribution in [0.3, 0.4) is 0 Å². The molecule has 6 aromatic carbocycles. The van der Waals surface area contributed by atoms with Crippen LogP contribution in [0.2, 0.25) is 0 Å². The van der Waals surface area contributed by atoms with Gasteiger partial charge in [-0.2, -0.15) is 0 Å². The molecule has 0 saturated carbocycles. The fourth-order valence-electron chi connectivity index (χ4n) is 7.69. The number of para-hydroxylation sites is 1. The summed E-state index contributed by atoms with van der Waals surface area (Å²) in [6, 6.07) is 53.6. The van der Waals surface area contributed by atoms with Crippen molar-refractivity contribution in [1.82, 2.24) is 0 Å². The molecule has 0 saturated heterocycles. The Hall–Kier alpha value is -4.97. The fraction of sp³-hybridized carbons (Fsp3) is 0.0698. The van der Waals surface area contributed by atoms with Crippen LogP contribution in [0.1, 0.15) is 35.1 Å². The molecule has 2 aliphatic carbocycles. The number of hydrogen-bond donors (Lipinski definition) is 0. The summed E-state index contributed by atoms with van der Waals surface area (Å²) in [5.41, 5.74) is 9.62. The highest BCUT2D eigenvalue weighted by Gasteiger charge is 2.50. The Morgan fingerprint density at radius 3 is 1.91 bits per heavy atom. The van der Waals surface area contributed by atoms with Crippen molar-refractivity contribution in [3.63, 3.8) is 0 Å². The number of fused-ring (bicyclic) bond motifs is 9. The first-order chi connectivity index (χ1) is 22.3. The van der Waals surface area contributed by atoms with E-state index < -0.39 is 13.3 Å². The van der Waals surface area contributed by atoms with Crippen LogP contribution >= 0.6 is 7.92 Å². The van der Waals surface area contributed by atoms with Crippen LogP contribution in [0, 0.1) is 0 Å². The van der Waals surface area contributed by atoms with Crippen LogP contribution in [-0.2, 0) is 5.41 Å². The third-order valence-corrected chi connectivity index (χ3v) is 12.1. The molecule has 214 valence electrons. The van der Waals surface area contributed by atoms with E-state index in [4.69, 9.17) is 4.74 Å². The zero-order valence-corrected chi connectivity index (χ0v) is 25.8. The van der Waals surface area contributed by atoms with Gasteiger partial charge in [0.15, 0.2) is 0 Å². The highest BCUT2D eigenvalue weighted by Crippen LogP contribution is 2.62. The van der Waals surface area contributed by atoms with Gasteiger partial charge in [0, 0.05) is 11.1 Å². The van der Waals surface area contributed by atoms with Crippen LogP contribution in [-0.4, -0.2) is 0 Å². The van der Waals surface area contributed by atoms with Gasteiger partial charge >= 0.3 is 0 Å². The first-order valence-corrected chi connectivity index (χ1v) is 17.1. The Bertz CT molecular complexity index is 2110. The maximum absolute atomic E-state index is 6.67. The molecule has 0 N–H and O–H groups in total. The van der Waals surface area contributed by atoms with E-state index >= 15 is 0 Å². The standard InChI is InChI=1S/C43H31OP/c1-3-15-32(16-4-1)45(33-17-5-2-6-18-33)34-19-13-14-30(28-34)31-26-27-42-40(29-31)43(39-24-11-12-25-41(39)44-42)37-22-9-7-20-35(37)36-21-8-10-23-38(36)43/h1-5,7-17,19-29H,6,18H2. The van der Waals surface area contributed by atoms with E-state index in [2.05, 4.69) is 164 Å². The van der Waals surface area contributed by atoms with Crippen molar-refractivity contribution in [3.8, 4) is 33.8 Å². The number of hydrogen-bond acceptors (Lipinski definition) is 1. The summed E-state index contributed by atoms with van der Waals surface area (Å²) in [4.78, 5) is 0. The largest absolute Gasteiger partial charge is 0.457 e. The molecule has 1 heterocycles. The zero-order chi connectivity index (χ0) is 29.8. The van der Waals surface area contributed by atoms with Gasteiger partial charge in [-0.1, -0.05) is 140 Å². The first kappa shape index (κ1) is 26.4. The molecule has 2 heteroatoms. The average Bonchev–Trinajstić information content (AvgIpc) is 3.40. The van der Waals surface area contributed by atoms with E-state index in [1.807, 2.05) is 0 Å². The minimum Gasteiger partial charge on any atom is -0.457 e. The molecular weight excluding hydrogens is 563 g/mol. The summed E-state index contributed by atoms with van der Waals surface area (Å²) in [6.07, 6.45) is 9.08. The lowest BCUT2D eigenvalue weighted by molar-refractivity contribution is 0.436. The molecule has 0 aromatic heterocycles. The Kier molecular flexibility index (Phi) is 6.22. The van der Waals surface area contributed by atoms with Gasteiger partial charge in [-0.3, -0.25) is 0 Å². The Balaban J connectivity index is 1.25. The number of allylic oxidation sites excluding steroid dienone is 4. The molecule has 1 spiro atoms. The maximum Gasteiger partial charge on any atom is 0.132 e. The van der Waals surface area contributed by atoms with Crippen molar-refractivity contribution in [2.45, 2.75) is 18.3 Å². The second-order valence-corrected chi connectivity index (χ2v) is 14.3. The SMILES string of the molecule is C1=CCCC(P(c2ccccc2)c2cccc(-c3ccc4c(c3)C3(c5ccccc5O4)c4ccccc4-c4ccccc43)c2)=C1. The molecule has 0 amide bonds. The number of rotatable bonds is 4. The summed E-state index contributed by atoms with van der Waals surface area (Å²) < 4.78 is 6.67. The molecule has 6 aromatic rings. The summed E-state index contributed by atoms with van der Waals surface area (Å²) in [5, 5.41) is 4.32. The summed E-state index contributed by atoms with van der Waals surface area (Å²) in [7, 11) is -0.619. The normalized spacial score (nSPS) is 15.7. The van der Waals surface area contributed by atoms with Crippen molar-refractivity contribution in [3.05, 3.63) is 191 Å². The van der Waals surface area contributed by atoms with Gasteiger partial charge in [-0.05, 0) is 94.3 Å². The van der Waals surface area contributed by atoms with Gasteiger partial charge in [0.1, 0.15) is 11.5 Å². The van der Waals surface area contributed by atoms with Crippen LogP contribution in [0.4, 0.5) is 0 Å². The smallest absolute Gasteiger partial charge is 0.132 e.